The van der Waals surface area contributed by atoms with Crippen molar-refractivity contribution in [2.75, 3.05) is 25.1 Å². The summed E-state index contributed by atoms with van der Waals surface area (Å²) in [6, 6.07) is 9.15. The van der Waals surface area contributed by atoms with Gasteiger partial charge in [0.05, 0.1) is 7.11 Å². The predicted octanol–water partition coefficient (Wildman–Crippen LogP) is 1.88. The minimum atomic E-state index is -0.0398. The zero-order chi connectivity index (χ0) is 16.1. The zero-order valence-electron chi connectivity index (χ0n) is 13.1. The van der Waals surface area contributed by atoms with Gasteiger partial charge in [0.25, 0.3) is 5.91 Å². The minimum Gasteiger partial charge on any atom is -0.497 e. The average Bonchev–Trinajstić information content (AvgIpc) is 2.63. The van der Waals surface area contributed by atoms with E-state index in [0.717, 1.165) is 37.6 Å². The number of piperidine rings is 1. The van der Waals surface area contributed by atoms with Gasteiger partial charge in [0.15, 0.2) is 0 Å². The number of carbonyl (C=O) groups excluding carboxylic acids is 1. The Morgan fingerprint density at radius 1 is 1.17 bits per heavy atom. The van der Waals surface area contributed by atoms with Crippen LogP contribution in [0.1, 0.15) is 23.2 Å². The lowest BCUT2D eigenvalue weighted by atomic mass is 10.0. The number of hydrogen-bond acceptors (Lipinski definition) is 5. The number of hydrogen-bond donors (Lipinski definition) is 1. The molecule has 120 valence electrons. The van der Waals surface area contributed by atoms with Crippen LogP contribution in [0, 0.1) is 0 Å². The highest BCUT2D eigenvalue weighted by Gasteiger charge is 2.22. The molecule has 2 heterocycles. The standard InChI is InChI=1S/C17H20N4O2/c1-23-15-5-3-13(4-6-15)16(22)20-14-7-11-21(12-8-14)17-18-9-2-10-19-17/h2-6,9-10,14H,7-8,11-12H2,1H3,(H,20,22). The Bertz CT molecular complexity index is 637. The highest BCUT2D eigenvalue weighted by molar-refractivity contribution is 5.94. The van der Waals surface area contributed by atoms with E-state index in [1.807, 2.05) is 6.07 Å². The van der Waals surface area contributed by atoms with E-state index in [9.17, 15) is 4.79 Å². The van der Waals surface area contributed by atoms with E-state index in [2.05, 4.69) is 20.2 Å². The molecule has 0 bridgehead atoms. The molecule has 2 aromatic rings. The van der Waals surface area contributed by atoms with Crippen molar-refractivity contribution in [1.29, 1.82) is 0 Å². The molecule has 1 aliphatic rings. The van der Waals surface area contributed by atoms with Crippen molar-refractivity contribution < 1.29 is 9.53 Å². The first-order valence-electron chi connectivity index (χ1n) is 7.73. The van der Waals surface area contributed by atoms with Gasteiger partial charge in [-0.3, -0.25) is 4.79 Å². The zero-order valence-corrected chi connectivity index (χ0v) is 13.1. The molecule has 6 nitrogen and oxygen atoms in total. The van der Waals surface area contributed by atoms with Gasteiger partial charge in [-0.1, -0.05) is 0 Å². The summed E-state index contributed by atoms with van der Waals surface area (Å²) in [6.45, 7) is 1.69. The molecule has 0 radical (unpaired) electrons. The topological polar surface area (TPSA) is 67.3 Å². The van der Waals surface area contributed by atoms with Crippen LogP contribution in [-0.4, -0.2) is 42.1 Å². The van der Waals surface area contributed by atoms with Crippen molar-refractivity contribution in [2.45, 2.75) is 18.9 Å². The van der Waals surface area contributed by atoms with Gasteiger partial charge in [0, 0.05) is 37.1 Å². The molecule has 1 aromatic carbocycles. The van der Waals surface area contributed by atoms with Crippen molar-refractivity contribution in [1.82, 2.24) is 15.3 Å². The molecule has 0 unspecified atom stereocenters. The van der Waals surface area contributed by atoms with E-state index in [0.29, 0.717) is 5.56 Å². The van der Waals surface area contributed by atoms with E-state index in [-0.39, 0.29) is 11.9 Å². The molecule has 1 fully saturated rings. The van der Waals surface area contributed by atoms with Gasteiger partial charge in [-0.15, -0.1) is 0 Å². The first kappa shape index (κ1) is 15.3. The number of nitrogens with zero attached hydrogens (tertiary/aromatic N) is 3. The van der Waals surface area contributed by atoms with Crippen molar-refractivity contribution >= 4 is 11.9 Å². The first-order valence-corrected chi connectivity index (χ1v) is 7.73. The lowest BCUT2D eigenvalue weighted by molar-refractivity contribution is 0.0931. The molecule has 0 spiro atoms. The van der Waals surface area contributed by atoms with Gasteiger partial charge >= 0.3 is 0 Å². The average molecular weight is 312 g/mol. The monoisotopic (exact) mass is 312 g/mol. The van der Waals surface area contributed by atoms with E-state index in [1.54, 1.807) is 43.8 Å². The van der Waals surface area contributed by atoms with Crippen LogP contribution in [0.25, 0.3) is 0 Å². The maximum Gasteiger partial charge on any atom is 0.251 e. The number of aromatic nitrogens is 2. The smallest absolute Gasteiger partial charge is 0.251 e. The van der Waals surface area contributed by atoms with Crippen LogP contribution in [0.2, 0.25) is 0 Å². The lowest BCUT2D eigenvalue weighted by Crippen LogP contribution is -2.45. The third-order valence-electron chi connectivity index (χ3n) is 4.02. The summed E-state index contributed by atoms with van der Waals surface area (Å²) < 4.78 is 5.10. The maximum atomic E-state index is 12.3. The Hall–Kier alpha value is -2.63. The van der Waals surface area contributed by atoms with Crippen LogP contribution in [-0.2, 0) is 0 Å². The maximum absolute atomic E-state index is 12.3. The number of ether oxygens (including phenoxy) is 1. The van der Waals surface area contributed by atoms with Crippen molar-refractivity contribution in [2.24, 2.45) is 0 Å². The number of methoxy groups -OCH3 is 1. The highest BCUT2D eigenvalue weighted by Crippen LogP contribution is 2.16. The summed E-state index contributed by atoms with van der Waals surface area (Å²) in [7, 11) is 1.61. The largest absolute Gasteiger partial charge is 0.497 e. The summed E-state index contributed by atoms with van der Waals surface area (Å²) in [4.78, 5) is 23.0. The van der Waals surface area contributed by atoms with Crippen LogP contribution in [0.4, 0.5) is 5.95 Å². The third-order valence-corrected chi connectivity index (χ3v) is 4.02. The van der Waals surface area contributed by atoms with Crippen LogP contribution in [0.5, 0.6) is 5.75 Å². The summed E-state index contributed by atoms with van der Waals surface area (Å²) in [5.41, 5.74) is 0.652. The molecule has 6 heteroatoms. The Morgan fingerprint density at radius 3 is 2.43 bits per heavy atom. The minimum absolute atomic E-state index is 0.0398. The fourth-order valence-corrected chi connectivity index (χ4v) is 2.69. The fraction of sp³-hybridized carbons (Fsp3) is 0.353. The number of benzene rings is 1. The fourth-order valence-electron chi connectivity index (χ4n) is 2.69. The molecule has 1 aromatic heterocycles. The van der Waals surface area contributed by atoms with Gasteiger partial charge in [0.1, 0.15) is 5.75 Å². The molecular weight excluding hydrogens is 292 g/mol. The van der Waals surface area contributed by atoms with E-state index in [4.69, 9.17) is 4.74 Å². The second-order valence-electron chi connectivity index (χ2n) is 5.51. The Kier molecular flexibility index (Phi) is 4.71. The number of rotatable bonds is 4. The van der Waals surface area contributed by atoms with Gasteiger partial charge in [-0.05, 0) is 43.2 Å². The van der Waals surface area contributed by atoms with Crippen molar-refractivity contribution in [3.63, 3.8) is 0 Å². The number of carbonyl (C=O) groups is 1. The molecule has 0 saturated carbocycles. The van der Waals surface area contributed by atoms with E-state index >= 15 is 0 Å². The summed E-state index contributed by atoms with van der Waals surface area (Å²) in [5, 5.41) is 3.10. The predicted molar refractivity (Wildman–Crippen MR) is 87.7 cm³/mol. The highest BCUT2D eigenvalue weighted by atomic mass is 16.5. The Morgan fingerprint density at radius 2 is 1.83 bits per heavy atom. The first-order chi connectivity index (χ1) is 11.3. The molecule has 0 atom stereocenters. The molecule has 23 heavy (non-hydrogen) atoms. The Balaban J connectivity index is 1.53. The SMILES string of the molecule is COc1ccc(C(=O)NC2CCN(c3ncccn3)CC2)cc1. The van der Waals surface area contributed by atoms with Crippen molar-refractivity contribution in [3.05, 3.63) is 48.3 Å². The molecule has 1 N–H and O–H groups in total. The molecule has 0 aliphatic carbocycles. The summed E-state index contributed by atoms with van der Waals surface area (Å²) in [6.07, 6.45) is 5.28. The molecule has 1 saturated heterocycles. The number of anilines is 1. The number of nitrogens with one attached hydrogen (secondary N) is 1. The van der Waals surface area contributed by atoms with Crippen LogP contribution in [0.15, 0.2) is 42.7 Å². The van der Waals surface area contributed by atoms with Crippen molar-refractivity contribution in [3.8, 4) is 5.75 Å². The molecular formula is C17H20N4O2. The molecule has 1 amide bonds. The third kappa shape index (κ3) is 3.77. The quantitative estimate of drug-likeness (QED) is 0.934. The van der Waals surface area contributed by atoms with Gasteiger partial charge in [-0.2, -0.15) is 0 Å². The number of amides is 1. The lowest BCUT2D eigenvalue weighted by Gasteiger charge is -2.32. The molecule has 3 rings (SSSR count). The summed E-state index contributed by atoms with van der Waals surface area (Å²) >= 11 is 0. The van der Waals surface area contributed by atoms with Gasteiger partial charge in [-0.25, -0.2) is 9.97 Å². The molecule has 1 aliphatic heterocycles. The van der Waals surface area contributed by atoms with Gasteiger partial charge < -0.3 is 15.0 Å². The van der Waals surface area contributed by atoms with E-state index in [1.165, 1.54) is 0 Å². The van der Waals surface area contributed by atoms with E-state index < -0.39 is 0 Å². The van der Waals surface area contributed by atoms with Crippen LogP contribution < -0.4 is 15.0 Å². The summed E-state index contributed by atoms with van der Waals surface area (Å²) in [5.74, 6) is 1.47. The second-order valence-corrected chi connectivity index (χ2v) is 5.51. The second kappa shape index (κ2) is 7.09. The Labute approximate surface area is 135 Å². The van der Waals surface area contributed by atoms with Gasteiger partial charge in [0.2, 0.25) is 5.95 Å². The van der Waals surface area contributed by atoms with Crippen LogP contribution >= 0.6 is 0 Å². The normalized spacial score (nSPS) is 15.3. The van der Waals surface area contributed by atoms with Crippen LogP contribution in [0.3, 0.4) is 0 Å².